The third kappa shape index (κ3) is 1.88. The zero-order chi connectivity index (χ0) is 11.9. The third-order valence-electron chi connectivity index (χ3n) is 4.62. The maximum absolute atomic E-state index is 5.78. The summed E-state index contributed by atoms with van der Waals surface area (Å²) in [6.07, 6.45) is 7.24. The molecular weight excluding hydrogens is 214 g/mol. The van der Waals surface area contributed by atoms with Crippen LogP contribution in [0.2, 0.25) is 0 Å². The second-order valence-corrected chi connectivity index (χ2v) is 5.73. The Labute approximate surface area is 102 Å². The van der Waals surface area contributed by atoms with Crippen molar-refractivity contribution in [1.82, 2.24) is 10.1 Å². The normalized spacial score (nSPS) is 30.7. The van der Waals surface area contributed by atoms with E-state index in [0.29, 0.717) is 12.5 Å². The molecule has 2 aliphatic carbocycles. The summed E-state index contributed by atoms with van der Waals surface area (Å²) < 4.78 is 5.42. The van der Waals surface area contributed by atoms with Crippen molar-refractivity contribution < 1.29 is 4.52 Å². The first-order valence-corrected chi connectivity index (χ1v) is 6.81. The van der Waals surface area contributed by atoms with Gasteiger partial charge in [-0.15, -0.1) is 0 Å². The predicted molar refractivity (Wildman–Crippen MR) is 64.6 cm³/mol. The molecule has 2 N–H and O–H groups in total. The lowest BCUT2D eigenvalue weighted by atomic mass is 10.0. The van der Waals surface area contributed by atoms with Crippen LogP contribution in [0.5, 0.6) is 0 Å². The third-order valence-corrected chi connectivity index (χ3v) is 4.62. The molecule has 1 aromatic heterocycles. The van der Waals surface area contributed by atoms with E-state index in [4.69, 9.17) is 10.3 Å². The second kappa shape index (κ2) is 4.09. The molecule has 2 fully saturated rings. The minimum absolute atomic E-state index is 0.0357. The fraction of sp³-hybridized carbons (Fsp3) is 0.846. The van der Waals surface area contributed by atoms with Gasteiger partial charge in [-0.05, 0) is 38.0 Å². The van der Waals surface area contributed by atoms with Gasteiger partial charge < -0.3 is 10.3 Å². The molecule has 1 aromatic rings. The first-order chi connectivity index (χ1) is 8.27. The van der Waals surface area contributed by atoms with Crippen LogP contribution < -0.4 is 5.73 Å². The lowest BCUT2D eigenvalue weighted by Gasteiger charge is -2.05. The van der Waals surface area contributed by atoms with E-state index in [0.717, 1.165) is 30.5 Å². The number of nitrogens with two attached hydrogens (primary N) is 1. The minimum Gasteiger partial charge on any atom is -0.339 e. The van der Waals surface area contributed by atoms with Gasteiger partial charge in [-0.25, -0.2) is 0 Å². The number of aromatic nitrogens is 2. The van der Waals surface area contributed by atoms with Gasteiger partial charge in [0.1, 0.15) is 0 Å². The first-order valence-electron chi connectivity index (χ1n) is 6.81. The Morgan fingerprint density at radius 3 is 2.82 bits per heavy atom. The van der Waals surface area contributed by atoms with Crippen LogP contribution in [-0.2, 0) is 5.41 Å². The molecule has 0 radical (unpaired) electrons. The van der Waals surface area contributed by atoms with Crippen LogP contribution in [0.4, 0.5) is 0 Å². The van der Waals surface area contributed by atoms with Gasteiger partial charge in [0, 0.05) is 12.5 Å². The van der Waals surface area contributed by atoms with Crippen LogP contribution in [0.25, 0.3) is 0 Å². The highest BCUT2D eigenvalue weighted by Gasteiger charge is 2.48. The summed E-state index contributed by atoms with van der Waals surface area (Å²) in [6, 6.07) is 0. The Balaban J connectivity index is 1.73. The monoisotopic (exact) mass is 235 g/mol. The molecule has 2 aliphatic rings. The summed E-state index contributed by atoms with van der Waals surface area (Å²) in [4.78, 5) is 4.61. The highest BCUT2D eigenvalue weighted by molar-refractivity contribution is 5.17. The van der Waals surface area contributed by atoms with Gasteiger partial charge in [-0.3, -0.25) is 0 Å². The Morgan fingerprint density at radius 1 is 1.41 bits per heavy atom. The lowest BCUT2D eigenvalue weighted by Crippen LogP contribution is -2.20. The van der Waals surface area contributed by atoms with E-state index in [9.17, 15) is 0 Å². The molecule has 17 heavy (non-hydrogen) atoms. The molecule has 1 heterocycles. The summed E-state index contributed by atoms with van der Waals surface area (Å²) in [5.74, 6) is 3.09. The van der Waals surface area contributed by atoms with E-state index < -0.39 is 0 Å². The van der Waals surface area contributed by atoms with Crippen LogP contribution in [0.15, 0.2) is 4.52 Å². The van der Waals surface area contributed by atoms with Gasteiger partial charge in [-0.2, -0.15) is 4.98 Å². The number of hydrogen-bond acceptors (Lipinski definition) is 4. The topological polar surface area (TPSA) is 64.9 Å². The highest BCUT2D eigenvalue weighted by Crippen LogP contribution is 2.47. The molecule has 4 heteroatoms. The lowest BCUT2D eigenvalue weighted by molar-refractivity contribution is 0.341. The van der Waals surface area contributed by atoms with E-state index >= 15 is 0 Å². The van der Waals surface area contributed by atoms with Crippen molar-refractivity contribution in [2.45, 2.75) is 56.8 Å². The number of nitrogens with zero attached hydrogens (tertiary/aromatic N) is 2. The van der Waals surface area contributed by atoms with Crippen molar-refractivity contribution in [2.75, 3.05) is 6.54 Å². The van der Waals surface area contributed by atoms with Gasteiger partial charge in [-0.1, -0.05) is 18.5 Å². The molecule has 94 valence electrons. The van der Waals surface area contributed by atoms with Gasteiger partial charge in [0.25, 0.3) is 0 Å². The minimum atomic E-state index is 0.0357. The summed E-state index contributed by atoms with van der Waals surface area (Å²) in [5.41, 5.74) is 5.82. The molecule has 2 atom stereocenters. The Hall–Kier alpha value is -0.900. The van der Waals surface area contributed by atoms with Crippen molar-refractivity contribution >= 4 is 0 Å². The summed E-state index contributed by atoms with van der Waals surface area (Å²) >= 11 is 0. The molecular formula is C13H21N3O. The second-order valence-electron chi connectivity index (χ2n) is 5.73. The van der Waals surface area contributed by atoms with E-state index in [1.165, 1.54) is 25.7 Å². The Kier molecular flexibility index (Phi) is 2.69. The SMILES string of the molecule is CCC1CCC(c2noc(C3(CN)CC3)n2)C1. The smallest absolute Gasteiger partial charge is 0.234 e. The molecule has 4 nitrogen and oxygen atoms in total. The van der Waals surface area contributed by atoms with E-state index in [2.05, 4.69) is 17.1 Å². The molecule has 0 amide bonds. The zero-order valence-corrected chi connectivity index (χ0v) is 10.5. The predicted octanol–water partition coefficient (Wildman–Crippen LogP) is 2.35. The van der Waals surface area contributed by atoms with Gasteiger partial charge in [0.05, 0.1) is 5.41 Å². The molecule has 0 aliphatic heterocycles. The molecule has 2 unspecified atom stereocenters. The molecule has 0 aromatic carbocycles. The summed E-state index contributed by atoms with van der Waals surface area (Å²) in [5, 5.41) is 4.18. The standard InChI is InChI=1S/C13H21N3O/c1-2-9-3-4-10(7-9)11-15-12(17-16-11)13(8-14)5-6-13/h9-10H,2-8,14H2,1H3. The van der Waals surface area contributed by atoms with Gasteiger partial charge >= 0.3 is 0 Å². The van der Waals surface area contributed by atoms with Crippen molar-refractivity contribution in [2.24, 2.45) is 11.7 Å². The molecule has 0 spiro atoms. The summed E-state index contributed by atoms with van der Waals surface area (Å²) in [7, 11) is 0. The van der Waals surface area contributed by atoms with Crippen LogP contribution >= 0.6 is 0 Å². The molecule has 0 saturated heterocycles. The molecule has 2 saturated carbocycles. The van der Waals surface area contributed by atoms with Crippen LogP contribution in [-0.4, -0.2) is 16.7 Å². The van der Waals surface area contributed by atoms with E-state index in [1.54, 1.807) is 0 Å². The van der Waals surface area contributed by atoms with E-state index in [1.807, 2.05) is 0 Å². The number of hydrogen-bond donors (Lipinski definition) is 1. The van der Waals surface area contributed by atoms with Gasteiger partial charge in [0.15, 0.2) is 5.82 Å². The van der Waals surface area contributed by atoms with Crippen LogP contribution in [0.3, 0.4) is 0 Å². The average Bonchev–Trinajstić information content (AvgIpc) is 2.82. The molecule has 0 bridgehead atoms. The zero-order valence-electron chi connectivity index (χ0n) is 10.5. The largest absolute Gasteiger partial charge is 0.339 e. The summed E-state index contributed by atoms with van der Waals surface area (Å²) in [6.45, 7) is 2.90. The maximum atomic E-state index is 5.78. The van der Waals surface area contributed by atoms with Crippen molar-refractivity contribution in [1.29, 1.82) is 0 Å². The first kappa shape index (κ1) is 11.2. The van der Waals surface area contributed by atoms with Crippen molar-refractivity contribution in [3.05, 3.63) is 11.7 Å². The Bertz CT molecular complexity index is 397. The van der Waals surface area contributed by atoms with Crippen LogP contribution in [0.1, 0.15) is 63.1 Å². The van der Waals surface area contributed by atoms with E-state index in [-0.39, 0.29) is 5.41 Å². The Morgan fingerprint density at radius 2 is 2.24 bits per heavy atom. The fourth-order valence-electron chi connectivity index (χ4n) is 2.95. The highest BCUT2D eigenvalue weighted by atomic mass is 16.5. The number of rotatable bonds is 4. The maximum Gasteiger partial charge on any atom is 0.234 e. The fourth-order valence-corrected chi connectivity index (χ4v) is 2.95. The average molecular weight is 235 g/mol. The van der Waals surface area contributed by atoms with Crippen LogP contribution in [0, 0.1) is 5.92 Å². The quantitative estimate of drug-likeness (QED) is 0.870. The van der Waals surface area contributed by atoms with Gasteiger partial charge in [0.2, 0.25) is 5.89 Å². The van der Waals surface area contributed by atoms with Crippen molar-refractivity contribution in [3.63, 3.8) is 0 Å². The molecule has 3 rings (SSSR count). The van der Waals surface area contributed by atoms with Crippen molar-refractivity contribution in [3.8, 4) is 0 Å².